The number of nitrogens with one attached hydrogen (secondary N) is 2. The molecule has 0 saturated carbocycles. The lowest BCUT2D eigenvalue weighted by Crippen LogP contribution is -2.06. The summed E-state index contributed by atoms with van der Waals surface area (Å²) >= 11 is 3.20. The zero-order chi connectivity index (χ0) is 14.8. The molecule has 2 rings (SSSR count). The first-order valence-corrected chi connectivity index (χ1v) is 6.33. The van der Waals surface area contributed by atoms with E-state index in [9.17, 15) is 13.2 Å². The van der Waals surface area contributed by atoms with Crippen molar-refractivity contribution in [2.24, 2.45) is 0 Å². The lowest BCUT2D eigenvalue weighted by molar-refractivity contribution is -0.137. The van der Waals surface area contributed by atoms with Crippen LogP contribution < -0.4 is 10.6 Å². The van der Waals surface area contributed by atoms with Gasteiger partial charge in [-0.15, -0.1) is 0 Å². The molecule has 0 aliphatic heterocycles. The van der Waals surface area contributed by atoms with Crippen molar-refractivity contribution in [2.45, 2.75) is 6.18 Å². The first-order valence-electron chi connectivity index (χ1n) is 5.53. The molecule has 0 spiro atoms. The van der Waals surface area contributed by atoms with Crippen LogP contribution in [0, 0.1) is 0 Å². The fraction of sp³-hybridized carbons (Fsp3) is 0.167. The Kier molecular flexibility index (Phi) is 4.12. The van der Waals surface area contributed by atoms with Gasteiger partial charge >= 0.3 is 6.18 Å². The third kappa shape index (κ3) is 3.38. The minimum Gasteiger partial charge on any atom is -0.372 e. The number of hydrogen-bond acceptors (Lipinski definition) is 4. The Hall–Kier alpha value is -1.83. The standard InChI is InChI=1S/C12H10BrF3N4/c1-17-10-5-18-6-11(20-10)19-9-4-7(12(14,15)16)2-3-8(9)13/h2-6H,1H3,(H2,17,19,20). The third-order valence-corrected chi connectivity index (χ3v) is 3.14. The molecule has 1 heterocycles. The zero-order valence-electron chi connectivity index (χ0n) is 10.3. The minimum atomic E-state index is -4.39. The van der Waals surface area contributed by atoms with Gasteiger partial charge in [0.15, 0.2) is 5.82 Å². The van der Waals surface area contributed by atoms with Crippen molar-refractivity contribution in [3.63, 3.8) is 0 Å². The molecule has 0 fully saturated rings. The summed E-state index contributed by atoms with van der Waals surface area (Å²) in [4.78, 5) is 8.06. The molecule has 0 bridgehead atoms. The highest BCUT2D eigenvalue weighted by molar-refractivity contribution is 9.10. The van der Waals surface area contributed by atoms with Gasteiger partial charge in [0.05, 0.1) is 23.6 Å². The Bertz CT molecular complexity index is 616. The van der Waals surface area contributed by atoms with Gasteiger partial charge in [0.2, 0.25) is 0 Å². The normalized spacial score (nSPS) is 11.2. The monoisotopic (exact) mass is 346 g/mol. The molecule has 0 radical (unpaired) electrons. The average molecular weight is 347 g/mol. The lowest BCUT2D eigenvalue weighted by Gasteiger charge is -2.12. The Morgan fingerprint density at radius 3 is 2.50 bits per heavy atom. The predicted octanol–water partition coefficient (Wildman–Crippen LogP) is 4.04. The van der Waals surface area contributed by atoms with Crippen molar-refractivity contribution >= 4 is 33.3 Å². The van der Waals surface area contributed by atoms with Crippen molar-refractivity contribution in [1.29, 1.82) is 0 Å². The van der Waals surface area contributed by atoms with Crippen LogP contribution in [0.15, 0.2) is 35.1 Å². The molecule has 0 atom stereocenters. The van der Waals surface area contributed by atoms with Crippen molar-refractivity contribution in [2.75, 3.05) is 17.7 Å². The van der Waals surface area contributed by atoms with Crippen LogP contribution in [0.2, 0.25) is 0 Å². The zero-order valence-corrected chi connectivity index (χ0v) is 11.9. The van der Waals surface area contributed by atoms with E-state index in [0.29, 0.717) is 16.1 Å². The topological polar surface area (TPSA) is 49.8 Å². The number of aromatic nitrogens is 2. The third-order valence-electron chi connectivity index (χ3n) is 2.45. The van der Waals surface area contributed by atoms with Crippen molar-refractivity contribution in [3.05, 3.63) is 40.6 Å². The summed E-state index contributed by atoms with van der Waals surface area (Å²) in [6, 6.07) is 3.35. The molecule has 2 N–H and O–H groups in total. The highest BCUT2D eigenvalue weighted by Gasteiger charge is 2.30. The minimum absolute atomic E-state index is 0.266. The second kappa shape index (κ2) is 5.66. The number of benzene rings is 1. The molecular formula is C12H10BrF3N4. The van der Waals surface area contributed by atoms with Crippen LogP contribution in [0.5, 0.6) is 0 Å². The largest absolute Gasteiger partial charge is 0.416 e. The molecule has 0 saturated heterocycles. The van der Waals surface area contributed by atoms with E-state index in [1.165, 1.54) is 18.5 Å². The number of alkyl halides is 3. The van der Waals surface area contributed by atoms with Crippen LogP contribution in [0.1, 0.15) is 5.56 Å². The van der Waals surface area contributed by atoms with Gasteiger partial charge in [-0.3, -0.25) is 4.98 Å². The van der Waals surface area contributed by atoms with E-state index in [0.717, 1.165) is 12.1 Å². The van der Waals surface area contributed by atoms with Gasteiger partial charge in [0.1, 0.15) is 5.82 Å². The summed E-state index contributed by atoms with van der Waals surface area (Å²) in [5.74, 6) is 0.856. The quantitative estimate of drug-likeness (QED) is 0.880. The summed E-state index contributed by atoms with van der Waals surface area (Å²) in [6.07, 6.45) is -1.46. The summed E-state index contributed by atoms with van der Waals surface area (Å²) < 4.78 is 38.5. The van der Waals surface area contributed by atoms with E-state index < -0.39 is 11.7 Å². The van der Waals surface area contributed by atoms with Gasteiger partial charge in [0.25, 0.3) is 0 Å². The maximum atomic E-state index is 12.7. The predicted molar refractivity (Wildman–Crippen MR) is 74.0 cm³/mol. The fourth-order valence-corrected chi connectivity index (χ4v) is 1.83. The van der Waals surface area contributed by atoms with Gasteiger partial charge < -0.3 is 10.6 Å². The summed E-state index contributed by atoms with van der Waals surface area (Å²) in [6.45, 7) is 0. The maximum absolute atomic E-state index is 12.7. The van der Waals surface area contributed by atoms with E-state index in [2.05, 4.69) is 36.5 Å². The van der Waals surface area contributed by atoms with E-state index in [-0.39, 0.29) is 5.69 Å². The summed E-state index contributed by atoms with van der Waals surface area (Å²) in [7, 11) is 1.67. The summed E-state index contributed by atoms with van der Waals surface area (Å²) in [5, 5.41) is 5.60. The van der Waals surface area contributed by atoms with Crippen molar-refractivity contribution in [1.82, 2.24) is 9.97 Å². The van der Waals surface area contributed by atoms with E-state index in [1.807, 2.05) is 0 Å². The highest BCUT2D eigenvalue weighted by atomic mass is 79.9. The van der Waals surface area contributed by atoms with E-state index in [1.54, 1.807) is 7.05 Å². The number of nitrogens with zero attached hydrogens (tertiary/aromatic N) is 2. The molecule has 0 aliphatic rings. The van der Waals surface area contributed by atoms with Crippen molar-refractivity contribution < 1.29 is 13.2 Å². The SMILES string of the molecule is CNc1cncc(Nc2cc(C(F)(F)F)ccc2Br)n1. The second-order valence-corrected chi connectivity index (χ2v) is 4.71. The number of rotatable bonds is 3. The number of anilines is 3. The molecule has 1 aromatic carbocycles. The molecule has 0 aliphatic carbocycles. The molecule has 0 unspecified atom stereocenters. The Labute approximate surface area is 121 Å². The van der Waals surface area contributed by atoms with Crippen LogP contribution in [-0.4, -0.2) is 17.0 Å². The van der Waals surface area contributed by atoms with Crippen LogP contribution in [0.3, 0.4) is 0 Å². The molecule has 20 heavy (non-hydrogen) atoms. The smallest absolute Gasteiger partial charge is 0.372 e. The molecule has 2 aromatic rings. The van der Waals surface area contributed by atoms with Gasteiger partial charge in [-0.25, -0.2) is 4.98 Å². The highest BCUT2D eigenvalue weighted by Crippen LogP contribution is 2.34. The van der Waals surface area contributed by atoms with E-state index in [4.69, 9.17) is 0 Å². The number of hydrogen-bond donors (Lipinski definition) is 2. The molecule has 0 amide bonds. The maximum Gasteiger partial charge on any atom is 0.416 e. The van der Waals surface area contributed by atoms with E-state index >= 15 is 0 Å². The van der Waals surface area contributed by atoms with Gasteiger partial charge in [-0.05, 0) is 34.1 Å². The molecular weight excluding hydrogens is 337 g/mol. The van der Waals surface area contributed by atoms with Crippen LogP contribution in [0.25, 0.3) is 0 Å². The Morgan fingerprint density at radius 2 is 1.85 bits per heavy atom. The Balaban J connectivity index is 2.32. The fourth-order valence-electron chi connectivity index (χ4n) is 1.48. The second-order valence-electron chi connectivity index (χ2n) is 3.86. The van der Waals surface area contributed by atoms with Crippen LogP contribution >= 0.6 is 15.9 Å². The molecule has 106 valence electrons. The Morgan fingerprint density at radius 1 is 1.15 bits per heavy atom. The average Bonchev–Trinajstić information content (AvgIpc) is 2.40. The van der Waals surface area contributed by atoms with Gasteiger partial charge in [0, 0.05) is 11.5 Å². The summed E-state index contributed by atoms with van der Waals surface area (Å²) in [5.41, 5.74) is -0.469. The van der Waals surface area contributed by atoms with Crippen LogP contribution in [-0.2, 0) is 6.18 Å². The molecule has 1 aromatic heterocycles. The number of halogens is 4. The first-order chi connectivity index (χ1) is 9.40. The molecule has 4 nitrogen and oxygen atoms in total. The van der Waals surface area contributed by atoms with Crippen molar-refractivity contribution in [3.8, 4) is 0 Å². The first kappa shape index (κ1) is 14.6. The van der Waals surface area contributed by atoms with Crippen LogP contribution in [0.4, 0.5) is 30.5 Å². The van der Waals surface area contributed by atoms with Gasteiger partial charge in [-0.2, -0.15) is 13.2 Å². The van der Waals surface area contributed by atoms with Gasteiger partial charge in [-0.1, -0.05) is 0 Å². The molecule has 8 heteroatoms. The lowest BCUT2D eigenvalue weighted by atomic mass is 10.2.